The minimum absolute atomic E-state index is 0.266. The van der Waals surface area contributed by atoms with Crippen LogP contribution in [0.1, 0.15) is 12.8 Å². The Bertz CT molecular complexity index is 280. The van der Waals surface area contributed by atoms with Gasteiger partial charge in [-0.3, -0.25) is 9.69 Å². The van der Waals surface area contributed by atoms with E-state index in [-0.39, 0.29) is 5.78 Å². The lowest BCUT2D eigenvalue weighted by molar-refractivity contribution is -0.114. The lowest BCUT2D eigenvalue weighted by Crippen LogP contribution is -2.46. The molecule has 0 radical (unpaired) electrons. The summed E-state index contributed by atoms with van der Waals surface area (Å²) in [7, 11) is 2.17. The topological polar surface area (TPSA) is 35.6 Å². The molecule has 4 heteroatoms. The van der Waals surface area contributed by atoms with Crippen molar-refractivity contribution in [2.24, 2.45) is 0 Å². The molecule has 0 aromatic carbocycles. The number of nitrogens with zero attached hydrogens (tertiary/aromatic N) is 2. The van der Waals surface area contributed by atoms with E-state index in [1.165, 1.54) is 13.1 Å². The summed E-state index contributed by atoms with van der Waals surface area (Å²) in [4.78, 5) is 15.9. The van der Waals surface area contributed by atoms with E-state index in [4.69, 9.17) is 0 Å². The van der Waals surface area contributed by atoms with Crippen molar-refractivity contribution in [3.63, 3.8) is 0 Å². The Morgan fingerprint density at radius 3 is 2.62 bits per heavy atom. The van der Waals surface area contributed by atoms with Gasteiger partial charge in [-0.05, 0) is 13.5 Å². The van der Waals surface area contributed by atoms with Crippen LogP contribution in [0.5, 0.6) is 0 Å². The summed E-state index contributed by atoms with van der Waals surface area (Å²) in [5.74, 6) is 0.266. The monoisotopic (exact) mass is 223 g/mol. The van der Waals surface area contributed by atoms with Crippen LogP contribution in [0.15, 0.2) is 11.8 Å². The van der Waals surface area contributed by atoms with Crippen molar-refractivity contribution in [3.8, 4) is 0 Å². The fourth-order valence-electron chi connectivity index (χ4n) is 2.18. The average Bonchev–Trinajstić information content (AvgIpc) is 2.67. The van der Waals surface area contributed by atoms with E-state index < -0.39 is 0 Å². The Morgan fingerprint density at radius 2 is 2.00 bits per heavy atom. The molecule has 0 aromatic rings. The normalized spacial score (nSPS) is 23.6. The lowest BCUT2D eigenvalue weighted by Gasteiger charge is -2.32. The summed E-state index contributed by atoms with van der Waals surface area (Å²) in [6.07, 6.45) is 3.35. The zero-order chi connectivity index (χ0) is 11.4. The molecule has 90 valence electrons. The van der Waals surface area contributed by atoms with Gasteiger partial charge in [0.25, 0.3) is 0 Å². The van der Waals surface area contributed by atoms with Gasteiger partial charge < -0.3 is 10.2 Å². The molecule has 0 aromatic heterocycles. The van der Waals surface area contributed by atoms with Crippen molar-refractivity contribution in [1.29, 1.82) is 0 Å². The Kier molecular flexibility index (Phi) is 3.96. The molecule has 0 spiro atoms. The summed E-state index contributed by atoms with van der Waals surface area (Å²) in [5.41, 5.74) is 1.12. The van der Waals surface area contributed by atoms with Crippen molar-refractivity contribution < 1.29 is 4.79 Å². The van der Waals surface area contributed by atoms with Crippen LogP contribution in [0.4, 0.5) is 0 Å². The highest BCUT2D eigenvalue weighted by Crippen LogP contribution is 2.11. The molecule has 16 heavy (non-hydrogen) atoms. The second-order valence-electron chi connectivity index (χ2n) is 4.71. The molecule has 4 nitrogen and oxygen atoms in total. The summed E-state index contributed by atoms with van der Waals surface area (Å²) in [5, 5.41) is 3.36. The molecule has 1 heterocycles. The SMILES string of the molecule is CN1CCN(CCNC2=CC(=O)CC2)CC1. The van der Waals surface area contributed by atoms with Crippen LogP contribution in [0.2, 0.25) is 0 Å². The van der Waals surface area contributed by atoms with E-state index >= 15 is 0 Å². The maximum absolute atomic E-state index is 11.0. The summed E-state index contributed by atoms with van der Waals surface area (Å²) in [6.45, 7) is 6.71. The zero-order valence-electron chi connectivity index (χ0n) is 10.0. The quantitative estimate of drug-likeness (QED) is 0.731. The number of hydrogen-bond acceptors (Lipinski definition) is 4. The maximum Gasteiger partial charge on any atom is 0.157 e. The predicted molar refractivity (Wildman–Crippen MR) is 64.3 cm³/mol. The molecule has 2 rings (SSSR count). The van der Waals surface area contributed by atoms with Gasteiger partial charge >= 0.3 is 0 Å². The summed E-state index contributed by atoms with van der Waals surface area (Å²) < 4.78 is 0. The number of rotatable bonds is 4. The van der Waals surface area contributed by atoms with Gasteiger partial charge in [-0.15, -0.1) is 0 Å². The molecule has 1 aliphatic carbocycles. The summed E-state index contributed by atoms with van der Waals surface area (Å²) in [6, 6.07) is 0. The van der Waals surface area contributed by atoms with Gasteiger partial charge in [-0.1, -0.05) is 0 Å². The van der Waals surface area contributed by atoms with Gasteiger partial charge in [0.2, 0.25) is 0 Å². The zero-order valence-corrected chi connectivity index (χ0v) is 10.0. The molecule has 1 fully saturated rings. The highest BCUT2D eigenvalue weighted by atomic mass is 16.1. The third-order valence-corrected chi connectivity index (χ3v) is 3.35. The smallest absolute Gasteiger partial charge is 0.157 e. The van der Waals surface area contributed by atoms with Crippen LogP contribution < -0.4 is 5.32 Å². The maximum atomic E-state index is 11.0. The predicted octanol–water partition coefficient (Wildman–Crippen LogP) is 0.0702. The van der Waals surface area contributed by atoms with Crippen molar-refractivity contribution in [3.05, 3.63) is 11.8 Å². The molecule has 0 amide bonds. The summed E-state index contributed by atoms with van der Waals surface area (Å²) >= 11 is 0. The first-order chi connectivity index (χ1) is 7.74. The molecule has 1 N–H and O–H groups in total. The van der Waals surface area contributed by atoms with E-state index in [2.05, 4.69) is 22.2 Å². The number of allylic oxidation sites excluding steroid dienone is 2. The first-order valence-electron chi connectivity index (χ1n) is 6.12. The second kappa shape index (κ2) is 5.46. The van der Waals surface area contributed by atoms with Crippen molar-refractivity contribution in [1.82, 2.24) is 15.1 Å². The van der Waals surface area contributed by atoms with Crippen LogP contribution in [-0.4, -0.2) is 61.9 Å². The van der Waals surface area contributed by atoms with Gasteiger partial charge in [0.05, 0.1) is 0 Å². The molecule has 0 saturated carbocycles. The van der Waals surface area contributed by atoms with E-state index in [9.17, 15) is 4.79 Å². The minimum Gasteiger partial charge on any atom is -0.387 e. The van der Waals surface area contributed by atoms with E-state index in [0.29, 0.717) is 6.42 Å². The number of carbonyl (C=O) groups excluding carboxylic acids is 1. The molecule has 0 atom stereocenters. The molecule has 0 bridgehead atoms. The fourth-order valence-corrected chi connectivity index (χ4v) is 2.18. The average molecular weight is 223 g/mol. The minimum atomic E-state index is 0.266. The van der Waals surface area contributed by atoms with E-state index in [0.717, 1.165) is 38.3 Å². The van der Waals surface area contributed by atoms with Crippen LogP contribution in [-0.2, 0) is 4.79 Å². The highest BCUT2D eigenvalue weighted by molar-refractivity contribution is 5.92. The van der Waals surface area contributed by atoms with Crippen LogP contribution in [0, 0.1) is 0 Å². The number of carbonyl (C=O) groups is 1. The van der Waals surface area contributed by atoms with E-state index in [1.54, 1.807) is 6.08 Å². The standard InChI is InChI=1S/C12H21N3O/c1-14-6-8-15(9-7-14)5-4-13-11-2-3-12(16)10-11/h10,13H,2-9H2,1H3. The van der Waals surface area contributed by atoms with Gasteiger partial charge in [0.15, 0.2) is 5.78 Å². The number of likely N-dealkylation sites (N-methyl/N-ethyl adjacent to an activating group) is 1. The van der Waals surface area contributed by atoms with E-state index in [1.807, 2.05) is 0 Å². The molecule has 1 saturated heterocycles. The number of hydrogen-bond donors (Lipinski definition) is 1. The number of piperazine rings is 1. The van der Waals surface area contributed by atoms with Gasteiger partial charge in [-0.25, -0.2) is 0 Å². The Hall–Kier alpha value is -0.870. The highest BCUT2D eigenvalue weighted by Gasteiger charge is 2.14. The van der Waals surface area contributed by atoms with Gasteiger partial charge in [-0.2, -0.15) is 0 Å². The molecule has 2 aliphatic rings. The lowest BCUT2D eigenvalue weighted by atomic mass is 10.3. The third-order valence-electron chi connectivity index (χ3n) is 3.35. The molecular formula is C12H21N3O. The van der Waals surface area contributed by atoms with Crippen molar-refractivity contribution in [2.45, 2.75) is 12.8 Å². The van der Waals surface area contributed by atoms with Gasteiger partial charge in [0, 0.05) is 57.5 Å². The third kappa shape index (κ3) is 3.32. The van der Waals surface area contributed by atoms with Crippen LogP contribution >= 0.6 is 0 Å². The largest absolute Gasteiger partial charge is 0.387 e. The molecular weight excluding hydrogens is 202 g/mol. The van der Waals surface area contributed by atoms with Crippen molar-refractivity contribution in [2.75, 3.05) is 46.3 Å². The van der Waals surface area contributed by atoms with Crippen molar-refractivity contribution >= 4 is 5.78 Å². The Balaban J connectivity index is 1.61. The van der Waals surface area contributed by atoms with Crippen LogP contribution in [0.25, 0.3) is 0 Å². The number of ketones is 1. The number of nitrogens with one attached hydrogen (secondary N) is 1. The first kappa shape index (κ1) is 11.6. The fraction of sp³-hybridized carbons (Fsp3) is 0.750. The first-order valence-corrected chi connectivity index (χ1v) is 6.12. The van der Waals surface area contributed by atoms with Gasteiger partial charge in [0.1, 0.15) is 0 Å². The molecule has 1 aliphatic heterocycles. The van der Waals surface area contributed by atoms with Crippen LogP contribution in [0.3, 0.4) is 0 Å². The second-order valence-corrected chi connectivity index (χ2v) is 4.71. The molecule has 0 unspecified atom stereocenters. The Morgan fingerprint density at radius 1 is 1.25 bits per heavy atom. The Labute approximate surface area is 97.3 Å².